The van der Waals surface area contributed by atoms with Gasteiger partial charge in [-0.2, -0.15) is 0 Å². The molecule has 0 radical (unpaired) electrons. The van der Waals surface area contributed by atoms with Crippen LogP contribution in [0.4, 0.5) is 21.0 Å². The summed E-state index contributed by atoms with van der Waals surface area (Å²) in [5, 5.41) is 8.30. The van der Waals surface area contributed by atoms with Crippen molar-refractivity contribution in [3.63, 3.8) is 0 Å². The fourth-order valence-electron chi connectivity index (χ4n) is 3.89. The first-order chi connectivity index (χ1) is 17.3. The zero-order valence-corrected chi connectivity index (χ0v) is 20.7. The number of methoxy groups -OCH3 is 1. The maximum atomic E-state index is 12.7. The summed E-state index contributed by atoms with van der Waals surface area (Å²) in [7, 11) is 1.29. The number of urea groups is 2. The minimum atomic E-state index is -0.738. The van der Waals surface area contributed by atoms with Crippen molar-refractivity contribution >= 4 is 35.4 Å². The van der Waals surface area contributed by atoms with E-state index in [4.69, 9.17) is 9.47 Å². The molecule has 1 unspecified atom stereocenters. The molecular weight excluding hydrogens is 464 g/mol. The molecule has 0 bridgehead atoms. The van der Waals surface area contributed by atoms with E-state index in [0.717, 1.165) is 6.42 Å². The van der Waals surface area contributed by atoms with Crippen molar-refractivity contribution in [2.75, 3.05) is 30.9 Å². The van der Waals surface area contributed by atoms with Crippen LogP contribution in [0.15, 0.2) is 59.8 Å². The van der Waals surface area contributed by atoms with Gasteiger partial charge in [-0.15, -0.1) is 0 Å². The standard InChI is InChI=1S/C26H30N4O6/c1-5-14-30-16(3)21(24(32)35-4)22(29-26(30)34)18-8-7-9-20(15-18)28-25(33)27-19-12-10-17(11-13-19)23(31)36-6-2/h7-13,15,22H,5-6,14H2,1-4H3,(H,29,34)(H2,27,28,33). The van der Waals surface area contributed by atoms with Crippen molar-refractivity contribution in [3.8, 4) is 0 Å². The highest BCUT2D eigenvalue weighted by Gasteiger charge is 2.36. The Kier molecular flexibility index (Phi) is 8.66. The normalized spacial score (nSPS) is 15.2. The van der Waals surface area contributed by atoms with Crippen molar-refractivity contribution in [3.05, 3.63) is 70.9 Å². The molecule has 1 aliphatic heterocycles. The Balaban J connectivity index is 1.77. The molecule has 10 heteroatoms. The van der Waals surface area contributed by atoms with Gasteiger partial charge in [0.15, 0.2) is 0 Å². The number of anilines is 2. The number of esters is 2. The molecule has 1 aliphatic rings. The summed E-state index contributed by atoms with van der Waals surface area (Å²) >= 11 is 0. The van der Waals surface area contributed by atoms with E-state index in [0.29, 0.717) is 40.3 Å². The van der Waals surface area contributed by atoms with E-state index in [-0.39, 0.29) is 12.6 Å². The molecule has 1 heterocycles. The molecular formula is C26H30N4O6. The molecule has 3 N–H and O–H groups in total. The number of carbonyl (C=O) groups excluding carboxylic acids is 4. The van der Waals surface area contributed by atoms with E-state index in [1.807, 2.05) is 6.92 Å². The molecule has 2 aromatic rings. The smallest absolute Gasteiger partial charge is 0.338 e. The van der Waals surface area contributed by atoms with Gasteiger partial charge in [0.1, 0.15) is 0 Å². The van der Waals surface area contributed by atoms with Crippen molar-refractivity contribution in [2.24, 2.45) is 0 Å². The van der Waals surface area contributed by atoms with Crippen LogP contribution in [0.3, 0.4) is 0 Å². The molecule has 3 rings (SSSR count). The lowest BCUT2D eigenvalue weighted by molar-refractivity contribution is -0.136. The minimum Gasteiger partial charge on any atom is -0.466 e. The van der Waals surface area contributed by atoms with Crippen LogP contribution in [0.5, 0.6) is 0 Å². The maximum absolute atomic E-state index is 12.7. The Bertz CT molecular complexity index is 1180. The average Bonchev–Trinajstić information content (AvgIpc) is 2.86. The van der Waals surface area contributed by atoms with E-state index >= 15 is 0 Å². The van der Waals surface area contributed by atoms with Crippen LogP contribution in [0.25, 0.3) is 0 Å². The highest BCUT2D eigenvalue weighted by Crippen LogP contribution is 2.32. The Morgan fingerprint density at radius 3 is 2.33 bits per heavy atom. The molecule has 190 valence electrons. The van der Waals surface area contributed by atoms with E-state index in [9.17, 15) is 19.2 Å². The lowest BCUT2D eigenvalue weighted by Gasteiger charge is -2.35. The van der Waals surface area contributed by atoms with E-state index in [1.54, 1.807) is 62.4 Å². The fourth-order valence-corrected chi connectivity index (χ4v) is 3.89. The van der Waals surface area contributed by atoms with Crippen LogP contribution in [-0.2, 0) is 14.3 Å². The van der Waals surface area contributed by atoms with Crippen molar-refractivity contribution < 1.29 is 28.7 Å². The van der Waals surface area contributed by atoms with Gasteiger partial charge in [0.25, 0.3) is 0 Å². The zero-order valence-electron chi connectivity index (χ0n) is 20.7. The third kappa shape index (κ3) is 6.01. The first kappa shape index (κ1) is 26.3. The third-order valence-electron chi connectivity index (χ3n) is 5.58. The topological polar surface area (TPSA) is 126 Å². The molecule has 2 aromatic carbocycles. The molecule has 1 atom stereocenters. The summed E-state index contributed by atoms with van der Waals surface area (Å²) in [4.78, 5) is 51.2. The second-order valence-corrected chi connectivity index (χ2v) is 8.03. The van der Waals surface area contributed by atoms with Gasteiger partial charge in [0.05, 0.1) is 30.9 Å². The summed E-state index contributed by atoms with van der Waals surface area (Å²) in [5.41, 5.74) is 2.79. The Hall–Kier alpha value is -4.34. The molecule has 0 aromatic heterocycles. The van der Waals surface area contributed by atoms with Gasteiger partial charge in [0.2, 0.25) is 0 Å². The highest BCUT2D eigenvalue weighted by molar-refractivity contribution is 6.00. The number of amides is 4. The van der Waals surface area contributed by atoms with Gasteiger partial charge in [-0.05, 0) is 62.2 Å². The summed E-state index contributed by atoms with van der Waals surface area (Å²) in [6.07, 6.45) is 0.726. The predicted octanol–water partition coefficient (Wildman–Crippen LogP) is 4.43. The fraction of sp³-hybridized carbons (Fsp3) is 0.308. The number of carbonyl (C=O) groups is 4. The molecule has 0 aliphatic carbocycles. The molecule has 0 saturated heterocycles. The first-order valence-electron chi connectivity index (χ1n) is 11.6. The van der Waals surface area contributed by atoms with Gasteiger partial charge in [-0.1, -0.05) is 19.1 Å². The van der Waals surface area contributed by atoms with Gasteiger partial charge >= 0.3 is 24.0 Å². The first-order valence-corrected chi connectivity index (χ1v) is 11.6. The van der Waals surface area contributed by atoms with Crippen LogP contribution in [0.2, 0.25) is 0 Å². The highest BCUT2D eigenvalue weighted by atomic mass is 16.5. The largest absolute Gasteiger partial charge is 0.466 e. The maximum Gasteiger partial charge on any atom is 0.338 e. The number of ether oxygens (including phenoxy) is 2. The van der Waals surface area contributed by atoms with Crippen molar-refractivity contribution in [1.29, 1.82) is 0 Å². The number of nitrogens with zero attached hydrogens (tertiary/aromatic N) is 1. The summed E-state index contributed by atoms with van der Waals surface area (Å²) < 4.78 is 9.94. The number of benzene rings is 2. The van der Waals surface area contributed by atoms with Crippen LogP contribution in [0, 0.1) is 0 Å². The summed E-state index contributed by atoms with van der Waals surface area (Å²) in [6, 6.07) is 11.6. The zero-order chi connectivity index (χ0) is 26.2. The van der Waals surface area contributed by atoms with E-state index in [1.165, 1.54) is 12.0 Å². The van der Waals surface area contributed by atoms with Gasteiger partial charge in [0, 0.05) is 23.6 Å². The number of allylic oxidation sites excluding steroid dienone is 1. The van der Waals surface area contributed by atoms with Gasteiger partial charge in [-0.3, -0.25) is 4.90 Å². The van der Waals surface area contributed by atoms with Crippen molar-refractivity contribution in [1.82, 2.24) is 10.2 Å². The number of rotatable bonds is 8. The molecule has 10 nitrogen and oxygen atoms in total. The predicted molar refractivity (Wildman–Crippen MR) is 134 cm³/mol. The van der Waals surface area contributed by atoms with Crippen LogP contribution in [-0.4, -0.2) is 49.2 Å². The van der Waals surface area contributed by atoms with E-state index in [2.05, 4.69) is 16.0 Å². The van der Waals surface area contributed by atoms with Crippen LogP contribution < -0.4 is 16.0 Å². The lowest BCUT2D eigenvalue weighted by atomic mass is 9.94. The SMILES string of the molecule is CCCN1C(=O)NC(c2cccc(NC(=O)Nc3ccc(C(=O)OCC)cc3)c2)C(C(=O)OC)=C1C. The lowest BCUT2D eigenvalue weighted by Crippen LogP contribution is -2.48. The Labute approximate surface area is 209 Å². The van der Waals surface area contributed by atoms with Crippen LogP contribution >= 0.6 is 0 Å². The summed E-state index contributed by atoms with van der Waals surface area (Å²) in [6.45, 7) is 6.13. The molecule has 0 fully saturated rings. The quantitative estimate of drug-likeness (QED) is 0.466. The average molecular weight is 495 g/mol. The van der Waals surface area contributed by atoms with Gasteiger partial charge in [-0.25, -0.2) is 19.2 Å². The van der Waals surface area contributed by atoms with E-state index < -0.39 is 24.0 Å². The Morgan fingerprint density at radius 1 is 1.00 bits per heavy atom. The summed E-state index contributed by atoms with van der Waals surface area (Å²) in [5.74, 6) is -0.977. The number of hydrogen-bond donors (Lipinski definition) is 3. The molecule has 0 saturated carbocycles. The monoisotopic (exact) mass is 494 g/mol. The third-order valence-corrected chi connectivity index (χ3v) is 5.58. The number of hydrogen-bond acceptors (Lipinski definition) is 6. The molecule has 36 heavy (non-hydrogen) atoms. The second-order valence-electron chi connectivity index (χ2n) is 8.03. The minimum absolute atomic E-state index is 0.276. The number of nitrogens with one attached hydrogen (secondary N) is 3. The Morgan fingerprint density at radius 2 is 1.69 bits per heavy atom. The van der Waals surface area contributed by atoms with Crippen LogP contribution in [0.1, 0.15) is 49.2 Å². The molecule has 4 amide bonds. The second kappa shape index (κ2) is 11.9. The van der Waals surface area contributed by atoms with Crippen molar-refractivity contribution in [2.45, 2.75) is 33.2 Å². The van der Waals surface area contributed by atoms with Gasteiger partial charge < -0.3 is 25.4 Å². The molecule has 0 spiro atoms.